The van der Waals surface area contributed by atoms with Gasteiger partial charge in [0.2, 0.25) is 0 Å². The van der Waals surface area contributed by atoms with Crippen molar-refractivity contribution in [2.75, 3.05) is 0 Å². The zero-order chi connectivity index (χ0) is 15.5. The van der Waals surface area contributed by atoms with Crippen LogP contribution in [0.4, 0.5) is 26.3 Å². The minimum absolute atomic E-state index is 0.0130. The van der Waals surface area contributed by atoms with Gasteiger partial charge in [0.1, 0.15) is 0 Å². The maximum atomic E-state index is 12.9. The second kappa shape index (κ2) is 4.54. The van der Waals surface area contributed by atoms with Crippen molar-refractivity contribution in [3.05, 3.63) is 0 Å². The lowest BCUT2D eigenvalue weighted by molar-refractivity contribution is -0.340. The molecule has 2 aliphatic carbocycles. The van der Waals surface area contributed by atoms with E-state index in [1.54, 1.807) is 0 Å². The third-order valence-corrected chi connectivity index (χ3v) is 5.96. The van der Waals surface area contributed by atoms with E-state index in [-0.39, 0.29) is 11.8 Å². The molecular formula is C14H20F6. The van der Waals surface area contributed by atoms with Crippen molar-refractivity contribution in [3.8, 4) is 0 Å². The standard InChI is InChI=1S/C14H20F6/c1-7-8(2)11-5-9(7)4-10(11)6-12(3,13(15,16)17)14(18,19)20/h7-11H,4-6H2,1-3H3. The molecule has 0 nitrogen and oxygen atoms in total. The van der Waals surface area contributed by atoms with Crippen LogP contribution in [0.25, 0.3) is 0 Å². The summed E-state index contributed by atoms with van der Waals surface area (Å²) in [6.45, 7) is 4.32. The van der Waals surface area contributed by atoms with Crippen LogP contribution >= 0.6 is 0 Å². The van der Waals surface area contributed by atoms with Gasteiger partial charge >= 0.3 is 12.4 Å². The van der Waals surface area contributed by atoms with Crippen LogP contribution in [-0.2, 0) is 0 Å². The Morgan fingerprint density at radius 1 is 0.850 bits per heavy atom. The SMILES string of the molecule is CC1C2CC(CC(C)(C(F)(F)F)C(F)(F)F)C(C2)C1C. The third kappa shape index (κ3) is 2.23. The Morgan fingerprint density at radius 3 is 1.70 bits per heavy atom. The highest BCUT2D eigenvalue weighted by Crippen LogP contribution is 2.61. The Bertz CT molecular complexity index is 353. The first-order chi connectivity index (χ1) is 8.88. The molecule has 5 atom stereocenters. The van der Waals surface area contributed by atoms with Gasteiger partial charge in [0.05, 0.1) is 0 Å². The van der Waals surface area contributed by atoms with Crippen molar-refractivity contribution in [2.45, 2.75) is 52.4 Å². The van der Waals surface area contributed by atoms with Gasteiger partial charge in [-0.3, -0.25) is 0 Å². The van der Waals surface area contributed by atoms with Gasteiger partial charge in [-0.05, 0) is 55.8 Å². The molecule has 6 heteroatoms. The summed E-state index contributed by atoms with van der Waals surface area (Å²) in [4.78, 5) is 0. The predicted molar refractivity (Wildman–Crippen MR) is 62.9 cm³/mol. The summed E-state index contributed by atoms with van der Waals surface area (Å²) < 4.78 is 77.7. The normalized spacial score (nSPS) is 38.5. The van der Waals surface area contributed by atoms with Crippen LogP contribution in [0.1, 0.15) is 40.0 Å². The van der Waals surface area contributed by atoms with Gasteiger partial charge in [-0.25, -0.2) is 0 Å². The summed E-state index contributed by atoms with van der Waals surface area (Å²) in [5.41, 5.74) is -3.59. The Morgan fingerprint density at radius 2 is 1.35 bits per heavy atom. The molecule has 0 aromatic carbocycles. The number of alkyl halides is 6. The Kier molecular flexibility index (Phi) is 3.62. The first kappa shape index (κ1) is 16.0. The largest absolute Gasteiger partial charge is 0.402 e. The zero-order valence-corrected chi connectivity index (χ0v) is 11.8. The molecule has 0 aromatic rings. The van der Waals surface area contributed by atoms with Crippen LogP contribution in [0, 0.1) is 35.0 Å². The molecule has 0 saturated heterocycles. The first-order valence-electron chi connectivity index (χ1n) is 7.02. The maximum absolute atomic E-state index is 12.9. The molecule has 118 valence electrons. The smallest absolute Gasteiger partial charge is 0.170 e. The molecule has 2 saturated carbocycles. The molecule has 2 bridgehead atoms. The minimum Gasteiger partial charge on any atom is -0.170 e. The fourth-order valence-corrected chi connectivity index (χ4v) is 4.25. The van der Waals surface area contributed by atoms with Gasteiger partial charge in [-0.2, -0.15) is 26.3 Å². The van der Waals surface area contributed by atoms with Gasteiger partial charge in [-0.15, -0.1) is 0 Å². The van der Waals surface area contributed by atoms with E-state index < -0.39 is 30.1 Å². The Hall–Kier alpha value is -0.420. The van der Waals surface area contributed by atoms with Crippen LogP contribution in [0.5, 0.6) is 0 Å². The van der Waals surface area contributed by atoms with E-state index in [0.29, 0.717) is 25.2 Å². The van der Waals surface area contributed by atoms with Crippen molar-refractivity contribution >= 4 is 0 Å². The van der Waals surface area contributed by atoms with Crippen LogP contribution < -0.4 is 0 Å². The average molecular weight is 302 g/mol. The quantitative estimate of drug-likeness (QED) is 0.596. The van der Waals surface area contributed by atoms with Gasteiger partial charge in [0.25, 0.3) is 0 Å². The van der Waals surface area contributed by atoms with E-state index >= 15 is 0 Å². The highest BCUT2D eigenvalue weighted by molar-refractivity contribution is 5.01. The Balaban J connectivity index is 2.20. The fourth-order valence-electron chi connectivity index (χ4n) is 4.25. The number of rotatable bonds is 2. The lowest BCUT2D eigenvalue weighted by Crippen LogP contribution is -2.49. The highest BCUT2D eigenvalue weighted by Gasteiger charge is 2.68. The number of hydrogen-bond acceptors (Lipinski definition) is 0. The fraction of sp³-hybridized carbons (Fsp3) is 1.00. The molecule has 0 amide bonds. The summed E-state index contributed by atoms with van der Waals surface area (Å²) in [6, 6.07) is 0. The summed E-state index contributed by atoms with van der Waals surface area (Å²) in [6.07, 6.45) is -10.0. The van der Waals surface area contributed by atoms with Crippen molar-refractivity contribution in [2.24, 2.45) is 35.0 Å². The molecule has 0 heterocycles. The van der Waals surface area contributed by atoms with Crippen LogP contribution in [0.3, 0.4) is 0 Å². The third-order valence-electron chi connectivity index (χ3n) is 5.96. The number of halogens is 6. The molecule has 2 aliphatic rings. The number of fused-ring (bicyclic) bond motifs is 2. The molecule has 0 spiro atoms. The second-order valence-electron chi connectivity index (χ2n) is 6.91. The minimum atomic E-state index is -5.25. The Labute approximate surface area is 114 Å². The van der Waals surface area contributed by atoms with Crippen LogP contribution in [-0.4, -0.2) is 12.4 Å². The van der Waals surface area contributed by atoms with E-state index in [4.69, 9.17) is 0 Å². The lowest BCUT2D eigenvalue weighted by atomic mass is 9.69. The van der Waals surface area contributed by atoms with Crippen LogP contribution in [0.15, 0.2) is 0 Å². The van der Waals surface area contributed by atoms with E-state index in [1.165, 1.54) is 0 Å². The monoisotopic (exact) mass is 302 g/mol. The van der Waals surface area contributed by atoms with E-state index in [9.17, 15) is 26.3 Å². The molecule has 0 N–H and O–H groups in total. The van der Waals surface area contributed by atoms with E-state index in [0.717, 1.165) is 6.42 Å². The van der Waals surface area contributed by atoms with Crippen molar-refractivity contribution in [1.29, 1.82) is 0 Å². The molecule has 0 aliphatic heterocycles. The molecule has 0 radical (unpaired) electrons. The van der Waals surface area contributed by atoms with Gasteiger partial charge < -0.3 is 0 Å². The summed E-state index contributed by atoms with van der Waals surface area (Å²) in [5.74, 6) is 0.493. The van der Waals surface area contributed by atoms with Gasteiger partial charge in [-0.1, -0.05) is 13.8 Å². The molecule has 2 rings (SSSR count). The summed E-state index contributed by atoms with van der Waals surface area (Å²) in [5, 5.41) is 0. The second-order valence-corrected chi connectivity index (χ2v) is 6.91. The molecule has 2 fully saturated rings. The van der Waals surface area contributed by atoms with Crippen LogP contribution in [0.2, 0.25) is 0 Å². The zero-order valence-electron chi connectivity index (χ0n) is 11.8. The molecule has 5 unspecified atom stereocenters. The lowest BCUT2D eigenvalue weighted by Gasteiger charge is -2.40. The molecule has 0 aromatic heterocycles. The molecular weight excluding hydrogens is 282 g/mol. The summed E-state index contributed by atoms with van der Waals surface area (Å²) >= 11 is 0. The maximum Gasteiger partial charge on any atom is 0.402 e. The topological polar surface area (TPSA) is 0 Å². The van der Waals surface area contributed by atoms with Crippen molar-refractivity contribution in [3.63, 3.8) is 0 Å². The van der Waals surface area contributed by atoms with E-state index in [2.05, 4.69) is 6.92 Å². The number of hydrogen-bond donors (Lipinski definition) is 0. The first-order valence-corrected chi connectivity index (χ1v) is 7.02. The average Bonchev–Trinajstić information content (AvgIpc) is 2.77. The summed E-state index contributed by atoms with van der Waals surface area (Å²) in [7, 11) is 0. The highest BCUT2D eigenvalue weighted by atomic mass is 19.4. The van der Waals surface area contributed by atoms with Crippen molar-refractivity contribution < 1.29 is 26.3 Å². The van der Waals surface area contributed by atoms with Gasteiger partial charge in [0.15, 0.2) is 5.41 Å². The predicted octanol–water partition coefficient (Wildman–Crippen LogP) is 5.44. The van der Waals surface area contributed by atoms with Gasteiger partial charge in [0, 0.05) is 0 Å². The van der Waals surface area contributed by atoms with Crippen molar-refractivity contribution in [1.82, 2.24) is 0 Å². The molecule has 20 heavy (non-hydrogen) atoms. The van der Waals surface area contributed by atoms with E-state index in [1.807, 2.05) is 6.92 Å².